The predicted octanol–water partition coefficient (Wildman–Crippen LogP) is 4.42. The van der Waals surface area contributed by atoms with Gasteiger partial charge in [-0.05, 0) is 71.6 Å². The summed E-state index contributed by atoms with van der Waals surface area (Å²) in [5.41, 5.74) is -0.0600. The van der Waals surface area contributed by atoms with Crippen LogP contribution in [0.5, 0.6) is 0 Å². The minimum Gasteiger partial charge on any atom is -0.294 e. The Morgan fingerprint density at radius 2 is 1.02 bits per heavy atom. The molecule has 1 aromatic rings. The predicted molar refractivity (Wildman–Crippen MR) is 152 cm³/mol. The minimum absolute atomic E-state index is 0.0395. The van der Waals surface area contributed by atoms with Crippen molar-refractivity contribution >= 4 is 44.0 Å². The number of carbonyl (C=O) groups is 2. The van der Waals surface area contributed by atoms with Gasteiger partial charge in [0.15, 0.2) is 11.6 Å². The first-order chi connectivity index (χ1) is 18.5. The average molecular weight is 591 g/mol. The number of hydrogen-bond acceptors (Lipinski definition) is 8. The maximum absolute atomic E-state index is 13.6. The lowest BCUT2D eigenvalue weighted by Crippen LogP contribution is -2.42. The summed E-state index contributed by atoms with van der Waals surface area (Å²) in [6.45, 7) is 7.90. The van der Waals surface area contributed by atoms with Crippen molar-refractivity contribution in [1.29, 1.82) is 0 Å². The van der Waals surface area contributed by atoms with Gasteiger partial charge in [0.05, 0.1) is 36.6 Å². The van der Waals surface area contributed by atoms with Crippen LogP contribution in [0.2, 0.25) is 0 Å². The van der Waals surface area contributed by atoms with Crippen molar-refractivity contribution in [2.24, 2.45) is 33.5 Å². The minimum atomic E-state index is -3.82. The number of rotatable bonds is 8. The third-order valence-corrected chi connectivity index (χ3v) is 13.7. The Balaban J connectivity index is 1.43. The Morgan fingerprint density at radius 1 is 0.700 bits per heavy atom. The van der Waals surface area contributed by atoms with Gasteiger partial charge in [-0.15, -0.1) is 0 Å². The quantitative estimate of drug-likeness (QED) is 0.322. The van der Waals surface area contributed by atoms with Gasteiger partial charge in [0, 0.05) is 11.1 Å². The molecule has 4 aliphatic carbocycles. The molecule has 4 fully saturated rings. The Morgan fingerprint density at radius 3 is 1.32 bits per heavy atom. The van der Waals surface area contributed by atoms with Crippen LogP contribution in [0, 0.1) is 33.5 Å². The van der Waals surface area contributed by atoms with Crippen LogP contribution in [-0.2, 0) is 38.2 Å². The molecule has 0 amide bonds. The van der Waals surface area contributed by atoms with Crippen molar-refractivity contribution in [2.75, 3.05) is 25.7 Å². The SMILES string of the molecule is COS(=O)(=O)CC12CCC(/C(=C\c3ccc(/C=C4/C(=O)C5(CS(=O)(=O)OC)CCC4C5(C)C)cc3)C1=O)C2(C)C. The van der Waals surface area contributed by atoms with Crippen LogP contribution in [0.1, 0.15) is 64.5 Å². The Kier molecular flexibility index (Phi) is 6.74. The zero-order valence-electron chi connectivity index (χ0n) is 23.9. The zero-order valence-corrected chi connectivity index (χ0v) is 25.6. The van der Waals surface area contributed by atoms with Gasteiger partial charge < -0.3 is 0 Å². The van der Waals surface area contributed by atoms with Gasteiger partial charge in [0.25, 0.3) is 20.2 Å². The summed E-state index contributed by atoms with van der Waals surface area (Å²) in [6, 6.07) is 7.55. The summed E-state index contributed by atoms with van der Waals surface area (Å²) in [7, 11) is -5.38. The van der Waals surface area contributed by atoms with Crippen molar-refractivity contribution in [3.05, 3.63) is 46.5 Å². The number of carbonyl (C=O) groups excluding carboxylic acids is 2. The monoisotopic (exact) mass is 590 g/mol. The summed E-state index contributed by atoms with van der Waals surface area (Å²) < 4.78 is 58.9. The lowest BCUT2D eigenvalue weighted by atomic mass is 9.70. The Labute approximate surface area is 237 Å². The van der Waals surface area contributed by atoms with Gasteiger partial charge in [-0.1, -0.05) is 52.0 Å². The molecule has 0 heterocycles. The van der Waals surface area contributed by atoms with E-state index in [-0.39, 0.29) is 34.9 Å². The molecule has 8 nitrogen and oxygen atoms in total. The summed E-state index contributed by atoms with van der Waals surface area (Å²) in [6.07, 6.45) is 6.26. The first kappa shape index (κ1) is 29.4. The van der Waals surface area contributed by atoms with Crippen LogP contribution in [0.4, 0.5) is 0 Å². The van der Waals surface area contributed by atoms with E-state index in [2.05, 4.69) is 0 Å². The van der Waals surface area contributed by atoms with Gasteiger partial charge in [0.1, 0.15) is 0 Å². The smallest absolute Gasteiger partial charge is 0.268 e. The van der Waals surface area contributed by atoms with E-state index in [9.17, 15) is 26.4 Å². The Bertz CT molecular complexity index is 1430. The second-order valence-corrected chi connectivity index (χ2v) is 16.5. The maximum atomic E-state index is 13.6. The highest BCUT2D eigenvalue weighted by molar-refractivity contribution is 7.87. The molecular weight excluding hydrogens is 552 g/mol. The third-order valence-electron chi connectivity index (χ3n) is 11.0. The molecular formula is C30H38O8S2. The molecule has 0 saturated heterocycles. The molecule has 0 radical (unpaired) electrons. The van der Waals surface area contributed by atoms with E-state index in [1.165, 1.54) is 0 Å². The summed E-state index contributed by atoms with van der Waals surface area (Å²) in [5, 5.41) is 0. The van der Waals surface area contributed by atoms with Crippen LogP contribution in [0.3, 0.4) is 0 Å². The number of Topliss-reactive ketones (excluding diaryl/α,β-unsaturated/α-hetero) is 2. The van der Waals surface area contributed by atoms with E-state index in [0.717, 1.165) is 38.2 Å². The van der Waals surface area contributed by atoms with Crippen molar-refractivity contribution in [1.82, 2.24) is 0 Å². The summed E-state index contributed by atoms with van der Waals surface area (Å²) >= 11 is 0. The van der Waals surface area contributed by atoms with E-state index >= 15 is 0 Å². The molecule has 4 atom stereocenters. The zero-order chi connectivity index (χ0) is 29.5. The second-order valence-electron chi connectivity index (χ2n) is 13.1. The second kappa shape index (κ2) is 9.18. The highest BCUT2D eigenvalue weighted by Gasteiger charge is 2.69. The van der Waals surface area contributed by atoms with Crippen LogP contribution in [0.15, 0.2) is 35.4 Å². The van der Waals surface area contributed by atoms with Gasteiger partial charge in [-0.3, -0.25) is 18.0 Å². The van der Waals surface area contributed by atoms with Crippen LogP contribution >= 0.6 is 0 Å². The fourth-order valence-corrected chi connectivity index (χ4v) is 11.1. The average Bonchev–Trinajstić information content (AvgIpc) is 3.39. The van der Waals surface area contributed by atoms with Gasteiger partial charge in [-0.25, -0.2) is 0 Å². The van der Waals surface area contributed by atoms with E-state index in [4.69, 9.17) is 8.37 Å². The molecule has 0 aromatic heterocycles. The molecule has 218 valence electrons. The highest BCUT2D eigenvalue weighted by Crippen LogP contribution is 2.67. The molecule has 4 unspecified atom stereocenters. The highest BCUT2D eigenvalue weighted by atomic mass is 32.2. The molecule has 4 bridgehead atoms. The molecule has 5 rings (SSSR count). The normalized spacial score (nSPS) is 34.5. The number of ketones is 2. The first-order valence-corrected chi connectivity index (χ1v) is 16.8. The number of hydrogen-bond donors (Lipinski definition) is 0. The van der Waals surface area contributed by atoms with E-state index in [0.29, 0.717) is 24.0 Å². The van der Waals surface area contributed by atoms with Gasteiger partial charge >= 0.3 is 0 Å². The molecule has 4 saturated carbocycles. The van der Waals surface area contributed by atoms with Crippen molar-refractivity contribution in [3.8, 4) is 0 Å². The van der Waals surface area contributed by atoms with Crippen LogP contribution < -0.4 is 0 Å². The molecule has 10 heteroatoms. The lowest BCUT2D eigenvalue weighted by Gasteiger charge is -2.35. The maximum Gasteiger partial charge on any atom is 0.268 e. The number of allylic oxidation sites excluding steroid dienone is 2. The molecule has 40 heavy (non-hydrogen) atoms. The Hall–Kier alpha value is -2.14. The van der Waals surface area contributed by atoms with E-state index in [1.54, 1.807) is 0 Å². The standard InChI is InChI=1S/C30H38O8S2/c1-27(2)23-11-13-29(27,17-39(33,34)37-5)25(31)21(23)15-19-7-9-20(10-8-19)16-22-24-12-14-30(26(22)32,28(24,3)4)18-40(35,36)38-6/h7-10,15-16,23-24H,11-14,17-18H2,1-6H3/b21-15+,22-16+. The largest absolute Gasteiger partial charge is 0.294 e. The van der Waals surface area contributed by atoms with Crippen LogP contribution in [-0.4, -0.2) is 54.1 Å². The van der Waals surface area contributed by atoms with Crippen molar-refractivity contribution < 1.29 is 34.8 Å². The molecule has 1 aromatic carbocycles. The van der Waals surface area contributed by atoms with Crippen LogP contribution in [0.25, 0.3) is 12.2 Å². The number of benzene rings is 1. The molecule has 0 N–H and O–H groups in total. The number of fused-ring (bicyclic) bond motifs is 4. The summed E-state index contributed by atoms with van der Waals surface area (Å²) in [4.78, 5) is 27.3. The molecule has 4 aliphatic rings. The van der Waals surface area contributed by atoms with E-state index < -0.39 is 41.9 Å². The van der Waals surface area contributed by atoms with E-state index in [1.807, 2.05) is 64.1 Å². The summed E-state index contributed by atoms with van der Waals surface area (Å²) in [5.74, 6) is -0.953. The van der Waals surface area contributed by atoms with Gasteiger partial charge in [-0.2, -0.15) is 16.8 Å². The topological polar surface area (TPSA) is 121 Å². The fourth-order valence-electron chi connectivity index (χ4n) is 8.33. The fraction of sp³-hybridized carbons (Fsp3) is 0.600. The molecule has 0 aliphatic heterocycles. The third kappa shape index (κ3) is 4.04. The van der Waals surface area contributed by atoms with Crippen molar-refractivity contribution in [3.63, 3.8) is 0 Å². The van der Waals surface area contributed by atoms with Crippen molar-refractivity contribution in [2.45, 2.75) is 53.4 Å². The molecule has 0 spiro atoms. The first-order valence-electron chi connectivity index (χ1n) is 13.7. The lowest BCUT2D eigenvalue weighted by molar-refractivity contribution is -0.125. The van der Waals surface area contributed by atoms with Gasteiger partial charge in [0.2, 0.25) is 0 Å².